The standard InChI is InChI=1S/C21H24N2O7S/c1-3-31(25,26)23(16-5-7-18-20(11-16)30-13-29-18)12-21(24)22-14(2)15-4-6-17-19(10-15)28-9-8-27-17/h4-7,10-11,14H,3,8-9,12-13H2,1-2H3,(H,22,24)/t14-/m0/s1. The molecule has 9 nitrogen and oxygen atoms in total. The topological polar surface area (TPSA) is 103 Å². The van der Waals surface area contributed by atoms with Gasteiger partial charge >= 0.3 is 0 Å². The molecule has 0 radical (unpaired) electrons. The van der Waals surface area contributed by atoms with Crippen LogP contribution in [0.2, 0.25) is 0 Å². The van der Waals surface area contributed by atoms with Crippen molar-refractivity contribution in [3.63, 3.8) is 0 Å². The highest BCUT2D eigenvalue weighted by Crippen LogP contribution is 2.36. The second kappa shape index (κ2) is 8.54. The average Bonchev–Trinajstić information content (AvgIpc) is 3.25. The zero-order chi connectivity index (χ0) is 22.0. The summed E-state index contributed by atoms with van der Waals surface area (Å²) in [6, 6.07) is 9.89. The van der Waals surface area contributed by atoms with Crippen LogP contribution in [0, 0.1) is 0 Å². The highest BCUT2D eigenvalue weighted by atomic mass is 32.2. The summed E-state index contributed by atoms with van der Waals surface area (Å²) in [7, 11) is -3.70. The van der Waals surface area contributed by atoms with Gasteiger partial charge in [0.05, 0.1) is 17.5 Å². The summed E-state index contributed by atoms with van der Waals surface area (Å²) < 4.78 is 48.2. The Hall–Kier alpha value is -3.14. The molecule has 0 aliphatic carbocycles. The SMILES string of the molecule is CCS(=O)(=O)N(CC(=O)N[C@@H](C)c1ccc2c(c1)OCCO2)c1ccc2c(c1)OCO2. The number of carbonyl (C=O) groups excluding carboxylic acids is 1. The zero-order valence-corrected chi connectivity index (χ0v) is 18.1. The van der Waals surface area contributed by atoms with Gasteiger partial charge in [-0.1, -0.05) is 6.07 Å². The van der Waals surface area contributed by atoms with E-state index in [1.807, 2.05) is 19.1 Å². The monoisotopic (exact) mass is 448 g/mol. The van der Waals surface area contributed by atoms with E-state index in [1.54, 1.807) is 24.3 Å². The highest BCUT2D eigenvalue weighted by molar-refractivity contribution is 7.92. The van der Waals surface area contributed by atoms with E-state index < -0.39 is 15.9 Å². The minimum atomic E-state index is -3.70. The van der Waals surface area contributed by atoms with Crippen LogP contribution in [0.5, 0.6) is 23.0 Å². The molecule has 166 valence electrons. The first-order chi connectivity index (χ1) is 14.9. The van der Waals surface area contributed by atoms with Crippen molar-refractivity contribution in [1.29, 1.82) is 0 Å². The number of carbonyl (C=O) groups is 1. The van der Waals surface area contributed by atoms with Crippen LogP contribution in [0.15, 0.2) is 36.4 Å². The molecule has 0 bridgehead atoms. The molecule has 0 spiro atoms. The molecule has 2 aliphatic heterocycles. The van der Waals surface area contributed by atoms with Crippen LogP contribution in [0.3, 0.4) is 0 Å². The fourth-order valence-electron chi connectivity index (χ4n) is 3.38. The first kappa shape index (κ1) is 21.1. The molecule has 31 heavy (non-hydrogen) atoms. The molecule has 0 aromatic heterocycles. The third kappa shape index (κ3) is 4.48. The van der Waals surface area contributed by atoms with Gasteiger partial charge in [-0.25, -0.2) is 8.42 Å². The molecule has 2 aromatic rings. The molecule has 0 unspecified atom stereocenters. The maximum atomic E-state index is 12.8. The van der Waals surface area contributed by atoms with Gasteiger partial charge < -0.3 is 24.3 Å². The van der Waals surface area contributed by atoms with Crippen molar-refractivity contribution in [3.8, 4) is 23.0 Å². The molecule has 4 rings (SSSR count). The van der Waals surface area contributed by atoms with Crippen molar-refractivity contribution in [2.45, 2.75) is 19.9 Å². The van der Waals surface area contributed by atoms with Gasteiger partial charge in [0.15, 0.2) is 23.0 Å². The lowest BCUT2D eigenvalue weighted by atomic mass is 10.1. The van der Waals surface area contributed by atoms with Gasteiger partial charge in [0.1, 0.15) is 19.8 Å². The van der Waals surface area contributed by atoms with Gasteiger partial charge in [0, 0.05) is 6.07 Å². The molecular weight excluding hydrogens is 424 g/mol. The summed E-state index contributed by atoms with van der Waals surface area (Å²) in [5, 5.41) is 2.85. The molecule has 0 saturated heterocycles. The Bertz CT molecular complexity index is 1090. The van der Waals surface area contributed by atoms with Crippen LogP contribution in [0.25, 0.3) is 0 Å². The molecule has 2 aliphatic rings. The largest absolute Gasteiger partial charge is 0.486 e. The quantitative estimate of drug-likeness (QED) is 0.693. The van der Waals surface area contributed by atoms with Crippen molar-refractivity contribution in [1.82, 2.24) is 5.32 Å². The van der Waals surface area contributed by atoms with Crippen LogP contribution >= 0.6 is 0 Å². The second-order valence-corrected chi connectivity index (χ2v) is 9.32. The summed E-state index contributed by atoms with van der Waals surface area (Å²) in [5.74, 6) is 1.69. The molecule has 1 amide bonds. The van der Waals surface area contributed by atoms with Gasteiger partial charge in [-0.2, -0.15) is 0 Å². The Morgan fingerprint density at radius 2 is 1.65 bits per heavy atom. The zero-order valence-electron chi connectivity index (χ0n) is 17.3. The summed E-state index contributed by atoms with van der Waals surface area (Å²) in [4.78, 5) is 12.8. The van der Waals surface area contributed by atoms with Crippen LogP contribution in [0.1, 0.15) is 25.5 Å². The van der Waals surface area contributed by atoms with Crippen LogP contribution in [0.4, 0.5) is 5.69 Å². The number of nitrogens with one attached hydrogen (secondary N) is 1. The number of nitrogens with zero attached hydrogens (tertiary/aromatic N) is 1. The Kier molecular flexibility index (Phi) is 5.81. The van der Waals surface area contributed by atoms with Gasteiger partial charge in [0.25, 0.3) is 0 Å². The molecule has 0 saturated carbocycles. The second-order valence-electron chi connectivity index (χ2n) is 7.14. The molecule has 2 heterocycles. The number of sulfonamides is 1. The van der Waals surface area contributed by atoms with Crippen molar-refractivity contribution in [2.75, 3.05) is 36.6 Å². The first-order valence-corrected chi connectivity index (χ1v) is 11.6. The van der Waals surface area contributed by atoms with Gasteiger partial charge in [-0.3, -0.25) is 9.10 Å². The molecule has 0 fully saturated rings. The minimum absolute atomic E-state index is 0.0762. The van der Waals surface area contributed by atoms with E-state index in [-0.39, 0.29) is 25.1 Å². The maximum absolute atomic E-state index is 12.8. The Morgan fingerprint density at radius 3 is 2.42 bits per heavy atom. The van der Waals surface area contributed by atoms with Crippen LogP contribution in [-0.4, -0.2) is 46.6 Å². The summed E-state index contributed by atoms with van der Waals surface area (Å²) >= 11 is 0. The van der Waals surface area contributed by atoms with E-state index in [1.165, 1.54) is 6.92 Å². The number of hydrogen-bond acceptors (Lipinski definition) is 7. The van der Waals surface area contributed by atoms with Gasteiger partial charge in [-0.15, -0.1) is 0 Å². The molecule has 1 N–H and O–H groups in total. The number of ether oxygens (including phenoxy) is 4. The summed E-state index contributed by atoms with van der Waals surface area (Å²) in [6.45, 7) is 4.04. The summed E-state index contributed by atoms with van der Waals surface area (Å²) in [5.41, 5.74) is 1.17. The number of rotatable bonds is 7. The van der Waals surface area contributed by atoms with E-state index >= 15 is 0 Å². The number of hydrogen-bond donors (Lipinski definition) is 1. The van der Waals surface area contributed by atoms with E-state index in [4.69, 9.17) is 18.9 Å². The lowest BCUT2D eigenvalue weighted by Crippen LogP contribution is -2.42. The predicted octanol–water partition coefficient (Wildman–Crippen LogP) is 2.22. The third-order valence-corrected chi connectivity index (χ3v) is 6.82. The molecule has 1 atom stereocenters. The average molecular weight is 448 g/mol. The van der Waals surface area contributed by atoms with Crippen molar-refractivity contribution in [2.24, 2.45) is 0 Å². The lowest BCUT2D eigenvalue weighted by Gasteiger charge is -2.25. The van der Waals surface area contributed by atoms with E-state index in [0.29, 0.717) is 41.9 Å². The number of fused-ring (bicyclic) bond motifs is 2. The van der Waals surface area contributed by atoms with Crippen molar-refractivity contribution >= 4 is 21.6 Å². The maximum Gasteiger partial charge on any atom is 0.241 e. The number of benzene rings is 2. The molecule has 2 aromatic carbocycles. The van der Waals surface area contributed by atoms with E-state index in [2.05, 4.69) is 5.32 Å². The smallest absolute Gasteiger partial charge is 0.241 e. The minimum Gasteiger partial charge on any atom is -0.486 e. The Morgan fingerprint density at radius 1 is 1.00 bits per heavy atom. The number of amides is 1. The van der Waals surface area contributed by atoms with E-state index in [9.17, 15) is 13.2 Å². The van der Waals surface area contributed by atoms with Crippen molar-refractivity contribution < 1.29 is 32.2 Å². The van der Waals surface area contributed by atoms with Crippen LogP contribution in [-0.2, 0) is 14.8 Å². The highest BCUT2D eigenvalue weighted by Gasteiger charge is 2.26. The Balaban J connectivity index is 1.50. The van der Waals surface area contributed by atoms with Gasteiger partial charge in [0.2, 0.25) is 22.7 Å². The van der Waals surface area contributed by atoms with E-state index in [0.717, 1.165) is 9.87 Å². The number of anilines is 1. The normalized spacial score (nSPS) is 15.3. The molecule has 10 heteroatoms. The fraction of sp³-hybridized carbons (Fsp3) is 0.381. The Labute approximate surface area is 180 Å². The van der Waals surface area contributed by atoms with Crippen LogP contribution < -0.4 is 28.6 Å². The molecular formula is C21H24N2O7S. The predicted molar refractivity (Wildman–Crippen MR) is 113 cm³/mol. The fourth-order valence-corrected chi connectivity index (χ4v) is 4.44. The lowest BCUT2D eigenvalue weighted by molar-refractivity contribution is -0.120. The van der Waals surface area contributed by atoms with Gasteiger partial charge in [-0.05, 0) is 43.7 Å². The van der Waals surface area contributed by atoms with Crippen molar-refractivity contribution in [3.05, 3.63) is 42.0 Å². The third-order valence-electron chi connectivity index (χ3n) is 5.08. The summed E-state index contributed by atoms with van der Waals surface area (Å²) in [6.07, 6.45) is 0. The first-order valence-electron chi connectivity index (χ1n) is 9.96.